The fraction of sp³-hybridized carbons (Fsp3) is 0.706. The number of likely N-dealkylation sites (tertiary alicyclic amines) is 1. The van der Waals surface area contributed by atoms with Crippen LogP contribution in [0.15, 0.2) is 12.7 Å². The van der Waals surface area contributed by atoms with Crippen molar-refractivity contribution in [1.29, 1.82) is 0 Å². The standard InChI is InChI=1S/C17H27N3O3/c1-4-7-18-17(23)15(21)13(9-12-5-6-12)19-16(22)14-8-11(2)10-20(14)3/h4,11-14H,1,5-10H2,2-3H3,(H,18,23)(H,19,22). The molecule has 0 aromatic rings. The Balaban J connectivity index is 1.97. The molecule has 1 aliphatic heterocycles. The van der Waals surface area contributed by atoms with Gasteiger partial charge in [-0.2, -0.15) is 0 Å². The number of ketones is 1. The Morgan fingerprint density at radius 2 is 2.04 bits per heavy atom. The summed E-state index contributed by atoms with van der Waals surface area (Å²) < 4.78 is 0. The summed E-state index contributed by atoms with van der Waals surface area (Å²) in [6.07, 6.45) is 4.99. The Kier molecular flexibility index (Phi) is 5.93. The number of hydrogen-bond donors (Lipinski definition) is 2. The maximum absolute atomic E-state index is 12.5. The maximum atomic E-state index is 12.5. The van der Waals surface area contributed by atoms with Gasteiger partial charge in [0.1, 0.15) is 0 Å². The molecule has 6 heteroatoms. The molecule has 23 heavy (non-hydrogen) atoms. The lowest BCUT2D eigenvalue weighted by molar-refractivity contribution is -0.140. The monoisotopic (exact) mass is 321 g/mol. The van der Waals surface area contributed by atoms with Gasteiger partial charge in [0, 0.05) is 13.1 Å². The van der Waals surface area contributed by atoms with Crippen molar-refractivity contribution in [2.45, 2.75) is 44.7 Å². The Hall–Kier alpha value is -1.69. The first-order valence-corrected chi connectivity index (χ1v) is 8.36. The van der Waals surface area contributed by atoms with Gasteiger partial charge in [-0.25, -0.2) is 0 Å². The molecule has 0 aromatic heterocycles. The van der Waals surface area contributed by atoms with E-state index in [0.29, 0.717) is 18.3 Å². The van der Waals surface area contributed by atoms with Crippen molar-refractivity contribution >= 4 is 17.6 Å². The van der Waals surface area contributed by atoms with Gasteiger partial charge in [-0.1, -0.05) is 25.8 Å². The zero-order valence-electron chi connectivity index (χ0n) is 14.0. The van der Waals surface area contributed by atoms with Crippen molar-refractivity contribution < 1.29 is 14.4 Å². The first kappa shape index (κ1) is 17.7. The van der Waals surface area contributed by atoms with Crippen molar-refractivity contribution in [3.63, 3.8) is 0 Å². The van der Waals surface area contributed by atoms with Crippen molar-refractivity contribution in [2.75, 3.05) is 20.1 Å². The van der Waals surface area contributed by atoms with Crippen LogP contribution in [0.5, 0.6) is 0 Å². The highest BCUT2D eigenvalue weighted by Crippen LogP contribution is 2.33. The van der Waals surface area contributed by atoms with E-state index >= 15 is 0 Å². The molecule has 1 aliphatic carbocycles. The highest BCUT2D eigenvalue weighted by atomic mass is 16.2. The molecule has 2 N–H and O–H groups in total. The highest BCUT2D eigenvalue weighted by molar-refractivity contribution is 6.38. The Bertz CT molecular complexity index is 487. The van der Waals surface area contributed by atoms with E-state index in [2.05, 4.69) is 24.1 Å². The van der Waals surface area contributed by atoms with Gasteiger partial charge in [-0.05, 0) is 31.7 Å². The van der Waals surface area contributed by atoms with E-state index in [0.717, 1.165) is 25.8 Å². The third-order valence-corrected chi connectivity index (χ3v) is 4.59. The van der Waals surface area contributed by atoms with E-state index in [1.807, 2.05) is 11.9 Å². The zero-order valence-corrected chi connectivity index (χ0v) is 14.0. The Labute approximate surface area is 137 Å². The van der Waals surface area contributed by atoms with Gasteiger partial charge in [0.15, 0.2) is 0 Å². The lowest BCUT2D eigenvalue weighted by atomic mass is 10.0. The van der Waals surface area contributed by atoms with Crippen LogP contribution in [0, 0.1) is 11.8 Å². The average molecular weight is 321 g/mol. The summed E-state index contributed by atoms with van der Waals surface area (Å²) in [6, 6.07) is -0.931. The van der Waals surface area contributed by atoms with Crippen LogP contribution in [0.4, 0.5) is 0 Å². The van der Waals surface area contributed by atoms with Crippen LogP contribution in [0.1, 0.15) is 32.6 Å². The molecule has 0 spiro atoms. The number of rotatable bonds is 8. The second-order valence-corrected chi connectivity index (χ2v) is 6.90. The third kappa shape index (κ3) is 4.89. The predicted molar refractivity (Wildman–Crippen MR) is 87.7 cm³/mol. The van der Waals surface area contributed by atoms with Crippen LogP contribution in [0.25, 0.3) is 0 Å². The summed E-state index contributed by atoms with van der Waals surface area (Å²) in [5.41, 5.74) is 0. The molecule has 2 fully saturated rings. The van der Waals surface area contributed by atoms with Crippen molar-refractivity contribution in [1.82, 2.24) is 15.5 Å². The predicted octanol–water partition coefficient (Wildman–Crippen LogP) is 0.483. The molecule has 2 rings (SSSR count). The minimum Gasteiger partial charge on any atom is -0.346 e. The maximum Gasteiger partial charge on any atom is 0.289 e. The molecule has 1 saturated heterocycles. The van der Waals surface area contributed by atoms with Gasteiger partial charge >= 0.3 is 0 Å². The van der Waals surface area contributed by atoms with E-state index in [1.54, 1.807) is 0 Å². The number of hydrogen-bond acceptors (Lipinski definition) is 4. The van der Waals surface area contributed by atoms with Crippen LogP contribution >= 0.6 is 0 Å². The van der Waals surface area contributed by atoms with Crippen LogP contribution in [0.3, 0.4) is 0 Å². The molecule has 0 radical (unpaired) electrons. The van der Waals surface area contributed by atoms with Gasteiger partial charge < -0.3 is 10.6 Å². The molecule has 0 bridgehead atoms. The lowest BCUT2D eigenvalue weighted by Crippen LogP contribution is -2.52. The minimum atomic E-state index is -0.718. The largest absolute Gasteiger partial charge is 0.346 e. The summed E-state index contributed by atoms with van der Waals surface area (Å²) in [5, 5.41) is 5.32. The van der Waals surface area contributed by atoms with E-state index in [-0.39, 0.29) is 18.5 Å². The van der Waals surface area contributed by atoms with Crippen molar-refractivity contribution in [2.24, 2.45) is 11.8 Å². The molecule has 1 heterocycles. The Morgan fingerprint density at radius 1 is 1.35 bits per heavy atom. The number of nitrogens with zero attached hydrogens (tertiary/aromatic N) is 1. The molecule has 2 aliphatic rings. The molecule has 2 amide bonds. The van der Waals surface area contributed by atoms with E-state index in [9.17, 15) is 14.4 Å². The Morgan fingerprint density at radius 3 is 2.57 bits per heavy atom. The van der Waals surface area contributed by atoms with Gasteiger partial charge in [0.05, 0.1) is 12.1 Å². The van der Waals surface area contributed by atoms with Crippen LogP contribution in [0.2, 0.25) is 0 Å². The van der Waals surface area contributed by atoms with Gasteiger partial charge in [-0.15, -0.1) is 6.58 Å². The number of likely N-dealkylation sites (N-methyl/N-ethyl adjacent to an activating group) is 1. The van der Waals surface area contributed by atoms with Gasteiger partial charge in [0.2, 0.25) is 11.7 Å². The number of Topliss-reactive ketones (excluding diaryl/α,β-unsaturated/α-hetero) is 1. The quantitative estimate of drug-likeness (QED) is 0.503. The number of carbonyl (C=O) groups excluding carboxylic acids is 3. The van der Waals surface area contributed by atoms with E-state index in [4.69, 9.17) is 0 Å². The summed E-state index contributed by atoms with van der Waals surface area (Å²) >= 11 is 0. The normalized spacial score (nSPS) is 25.7. The first-order chi connectivity index (χ1) is 10.9. The second-order valence-electron chi connectivity index (χ2n) is 6.90. The average Bonchev–Trinajstić information content (AvgIpc) is 3.26. The first-order valence-electron chi connectivity index (χ1n) is 8.36. The molecule has 0 aromatic carbocycles. The fourth-order valence-corrected chi connectivity index (χ4v) is 3.16. The SMILES string of the molecule is C=CCNC(=O)C(=O)C(CC1CC1)NC(=O)C1CC(C)CN1C. The highest BCUT2D eigenvalue weighted by Gasteiger charge is 2.37. The molecular weight excluding hydrogens is 294 g/mol. The molecule has 1 saturated carbocycles. The van der Waals surface area contributed by atoms with Crippen molar-refractivity contribution in [3.05, 3.63) is 12.7 Å². The van der Waals surface area contributed by atoms with Crippen LogP contribution < -0.4 is 10.6 Å². The number of carbonyl (C=O) groups is 3. The van der Waals surface area contributed by atoms with Crippen LogP contribution in [-0.4, -0.2) is 54.7 Å². The van der Waals surface area contributed by atoms with E-state index in [1.165, 1.54) is 6.08 Å². The summed E-state index contributed by atoms with van der Waals surface area (Å²) in [5.74, 6) is -0.446. The number of nitrogens with one attached hydrogen (secondary N) is 2. The van der Waals surface area contributed by atoms with Gasteiger partial charge in [0.25, 0.3) is 5.91 Å². The summed E-state index contributed by atoms with van der Waals surface area (Å²) in [6.45, 7) is 6.74. The van der Waals surface area contributed by atoms with Crippen LogP contribution in [-0.2, 0) is 14.4 Å². The smallest absolute Gasteiger partial charge is 0.289 e. The molecule has 3 atom stereocenters. The summed E-state index contributed by atoms with van der Waals surface area (Å²) in [7, 11) is 1.92. The van der Waals surface area contributed by atoms with Gasteiger partial charge in [-0.3, -0.25) is 19.3 Å². The zero-order chi connectivity index (χ0) is 17.0. The molecule has 6 nitrogen and oxygen atoms in total. The fourth-order valence-electron chi connectivity index (χ4n) is 3.16. The molecule has 128 valence electrons. The summed E-state index contributed by atoms with van der Waals surface area (Å²) in [4.78, 5) is 38.7. The minimum absolute atomic E-state index is 0.146. The second kappa shape index (κ2) is 7.73. The third-order valence-electron chi connectivity index (χ3n) is 4.59. The van der Waals surface area contributed by atoms with Crippen molar-refractivity contribution in [3.8, 4) is 0 Å². The topological polar surface area (TPSA) is 78.5 Å². The lowest BCUT2D eigenvalue weighted by Gasteiger charge is -2.23. The number of amides is 2. The van der Waals surface area contributed by atoms with E-state index < -0.39 is 17.7 Å². The molecular formula is C17H27N3O3. The molecule has 3 unspecified atom stereocenters.